The molecule has 2 aromatic rings. The molecule has 1 saturated carbocycles. The first-order chi connectivity index (χ1) is 11.2. The van der Waals surface area contributed by atoms with Gasteiger partial charge < -0.3 is 4.57 Å². The van der Waals surface area contributed by atoms with Crippen molar-refractivity contribution in [2.75, 3.05) is 13.1 Å². The Balaban J connectivity index is 1.39. The highest BCUT2D eigenvalue weighted by Gasteiger charge is 2.42. The van der Waals surface area contributed by atoms with Crippen LogP contribution in [0.15, 0.2) is 30.9 Å². The summed E-state index contributed by atoms with van der Waals surface area (Å²) < 4.78 is 2.14. The summed E-state index contributed by atoms with van der Waals surface area (Å²) in [6.07, 6.45) is 9.83. The van der Waals surface area contributed by atoms with Crippen LogP contribution in [0.2, 0.25) is 0 Å². The molecule has 2 fully saturated rings. The van der Waals surface area contributed by atoms with Gasteiger partial charge in [0.1, 0.15) is 0 Å². The molecule has 3 atom stereocenters. The van der Waals surface area contributed by atoms with Crippen molar-refractivity contribution >= 4 is 0 Å². The first-order valence-electron chi connectivity index (χ1n) is 8.78. The molecule has 122 valence electrons. The predicted molar refractivity (Wildman–Crippen MR) is 90.9 cm³/mol. The number of likely N-dealkylation sites (tertiary alicyclic amines) is 1. The first kappa shape index (κ1) is 14.9. The van der Waals surface area contributed by atoms with Gasteiger partial charge in [0.05, 0.1) is 12.0 Å². The van der Waals surface area contributed by atoms with E-state index in [2.05, 4.69) is 45.5 Å². The number of hydrogen-bond donors (Lipinski definition) is 0. The van der Waals surface area contributed by atoms with Crippen molar-refractivity contribution in [3.8, 4) is 0 Å². The summed E-state index contributed by atoms with van der Waals surface area (Å²) in [7, 11) is 2.09. The molecular formula is C19H26N4. The van der Waals surface area contributed by atoms with E-state index in [0.29, 0.717) is 0 Å². The number of fused-ring (bicyclic) bond motifs is 1. The van der Waals surface area contributed by atoms with Gasteiger partial charge in [0.25, 0.3) is 0 Å². The van der Waals surface area contributed by atoms with Crippen molar-refractivity contribution in [1.82, 2.24) is 19.4 Å². The molecule has 0 unspecified atom stereocenters. The Morgan fingerprint density at radius 2 is 2.09 bits per heavy atom. The summed E-state index contributed by atoms with van der Waals surface area (Å²) in [4.78, 5) is 11.5. The van der Waals surface area contributed by atoms with Gasteiger partial charge in [0.15, 0.2) is 0 Å². The van der Waals surface area contributed by atoms with E-state index in [0.717, 1.165) is 30.7 Å². The topological polar surface area (TPSA) is 34.0 Å². The van der Waals surface area contributed by atoms with Crippen LogP contribution in [0.3, 0.4) is 0 Å². The molecule has 0 aromatic carbocycles. The van der Waals surface area contributed by atoms with Crippen LogP contribution in [-0.2, 0) is 20.0 Å². The van der Waals surface area contributed by atoms with Crippen LogP contribution < -0.4 is 0 Å². The lowest BCUT2D eigenvalue weighted by molar-refractivity contribution is 0.276. The van der Waals surface area contributed by atoms with E-state index in [1.54, 1.807) is 0 Å². The Kier molecular flexibility index (Phi) is 3.93. The summed E-state index contributed by atoms with van der Waals surface area (Å²) in [5.41, 5.74) is 3.84. The predicted octanol–water partition coefficient (Wildman–Crippen LogP) is 2.82. The first-order valence-corrected chi connectivity index (χ1v) is 8.78. The van der Waals surface area contributed by atoms with E-state index in [4.69, 9.17) is 0 Å². The molecule has 4 rings (SSSR count). The number of hydrogen-bond acceptors (Lipinski definition) is 3. The van der Waals surface area contributed by atoms with Crippen LogP contribution >= 0.6 is 0 Å². The van der Waals surface area contributed by atoms with E-state index < -0.39 is 0 Å². The van der Waals surface area contributed by atoms with Gasteiger partial charge in [-0.05, 0) is 55.6 Å². The second-order valence-corrected chi connectivity index (χ2v) is 7.48. The lowest BCUT2D eigenvalue weighted by Crippen LogP contribution is -2.24. The number of rotatable bonds is 4. The zero-order valence-corrected chi connectivity index (χ0v) is 14.2. The van der Waals surface area contributed by atoms with Gasteiger partial charge in [-0.2, -0.15) is 0 Å². The Morgan fingerprint density at radius 1 is 1.17 bits per heavy atom. The molecule has 1 aliphatic heterocycles. The number of aryl methyl sites for hydroxylation is 2. The monoisotopic (exact) mass is 310 g/mol. The minimum atomic E-state index is 0.812. The van der Waals surface area contributed by atoms with Crippen molar-refractivity contribution in [2.45, 2.75) is 32.7 Å². The van der Waals surface area contributed by atoms with Crippen molar-refractivity contribution in [2.24, 2.45) is 24.8 Å². The van der Waals surface area contributed by atoms with E-state index in [1.165, 1.54) is 42.9 Å². The molecule has 4 heteroatoms. The Morgan fingerprint density at radius 3 is 2.83 bits per heavy atom. The van der Waals surface area contributed by atoms with Crippen molar-refractivity contribution in [1.29, 1.82) is 0 Å². The fourth-order valence-corrected chi connectivity index (χ4v) is 4.51. The van der Waals surface area contributed by atoms with Crippen LogP contribution in [0, 0.1) is 24.7 Å². The van der Waals surface area contributed by atoms with E-state index in [-0.39, 0.29) is 0 Å². The Bertz CT molecular complexity index is 660. The third-order valence-corrected chi connectivity index (χ3v) is 5.83. The number of aromatic nitrogens is 3. The lowest BCUT2D eigenvalue weighted by Gasteiger charge is -2.20. The molecule has 0 radical (unpaired) electrons. The number of pyridine rings is 1. The minimum Gasteiger partial charge on any atom is -0.337 e. The van der Waals surface area contributed by atoms with Crippen molar-refractivity contribution in [3.05, 3.63) is 47.8 Å². The summed E-state index contributed by atoms with van der Waals surface area (Å²) in [6, 6.07) is 4.41. The van der Waals surface area contributed by atoms with Crippen LogP contribution in [0.4, 0.5) is 0 Å². The van der Waals surface area contributed by atoms with Crippen molar-refractivity contribution in [3.63, 3.8) is 0 Å². The average Bonchev–Trinajstić information content (AvgIpc) is 3.21. The zero-order chi connectivity index (χ0) is 15.8. The quantitative estimate of drug-likeness (QED) is 0.871. The minimum absolute atomic E-state index is 0.812. The highest BCUT2D eigenvalue weighted by atomic mass is 15.2. The van der Waals surface area contributed by atoms with Crippen LogP contribution in [0.25, 0.3) is 0 Å². The molecule has 1 saturated heterocycles. The summed E-state index contributed by atoms with van der Waals surface area (Å²) >= 11 is 0. The third-order valence-electron chi connectivity index (χ3n) is 5.83. The summed E-state index contributed by atoms with van der Waals surface area (Å²) in [5.74, 6) is 2.55. The van der Waals surface area contributed by atoms with Gasteiger partial charge in [-0.15, -0.1) is 0 Å². The average molecular weight is 310 g/mol. The van der Waals surface area contributed by atoms with Gasteiger partial charge in [-0.25, -0.2) is 4.98 Å². The lowest BCUT2D eigenvalue weighted by atomic mass is 9.89. The molecule has 1 aliphatic carbocycles. The fourth-order valence-electron chi connectivity index (χ4n) is 4.51. The van der Waals surface area contributed by atoms with Crippen LogP contribution in [0.5, 0.6) is 0 Å². The molecule has 23 heavy (non-hydrogen) atoms. The van der Waals surface area contributed by atoms with Gasteiger partial charge in [0.2, 0.25) is 0 Å². The van der Waals surface area contributed by atoms with E-state index in [1.807, 2.05) is 18.7 Å². The molecular weight excluding hydrogens is 284 g/mol. The SMILES string of the molecule is Cc1ccc(C[C@H]2CC[C@@H]3CN(Cc4cncn4C)C[C@H]23)nc1. The molecule has 0 amide bonds. The maximum Gasteiger partial charge on any atom is 0.0945 e. The Labute approximate surface area is 138 Å². The van der Waals surface area contributed by atoms with Crippen LogP contribution in [-0.4, -0.2) is 32.5 Å². The van der Waals surface area contributed by atoms with Crippen LogP contribution in [0.1, 0.15) is 29.8 Å². The second-order valence-electron chi connectivity index (χ2n) is 7.48. The molecule has 0 spiro atoms. The molecule has 4 nitrogen and oxygen atoms in total. The van der Waals surface area contributed by atoms with Gasteiger partial charge in [-0.3, -0.25) is 9.88 Å². The third kappa shape index (κ3) is 3.05. The molecule has 2 aromatic heterocycles. The standard InChI is InChI=1S/C19H26N4/c1-14-3-6-17(21-8-14)7-15-4-5-16-10-23(12-19(15)16)11-18-9-20-13-22(18)2/h3,6,8-9,13,15-16,19H,4-5,7,10-12H2,1-2H3/t15-,16-,19-/m1/s1. The maximum absolute atomic E-state index is 4.62. The number of imidazole rings is 1. The fraction of sp³-hybridized carbons (Fsp3) is 0.579. The summed E-state index contributed by atoms with van der Waals surface area (Å²) in [6.45, 7) is 5.65. The normalized spacial score (nSPS) is 27.5. The molecule has 3 heterocycles. The van der Waals surface area contributed by atoms with Gasteiger partial charge in [0, 0.05) is 44.8 Å². The smallest absolute Gasteiger partial charge is 0.0945 e. The zero-order valence-electron chi connectivity index (χ0n) is 14.2. The largest absolute Gasteiger partial charge is 0.337 e. The van der Waals surface area contributed by atoms with Crippen molar-refractivity contribution < 1.29 is 0 Å². The Hall–Kier alpha value is -1.68. The van der Waals surface area contributed by atoms with E-state index in [9.17, 15) is 0 Å². The summed E-state index contributed by atoms with van der Waals surface area (Å²) in [5, 5.41) is 0. The highest BCUT2D eigenvalue weighted by Crippen LogP contribution is 2.43. The maximum atomic E-state index is 4.62. The molecule has 2 aliphatic rings. The van der Waals surface area contributed by atoms with Gasteiger partial charge in [-0.1, -0.05) is 6.07 Å². The van der Waals surface area contributed by atoms with E-state index >= 15 is 0 Å². The highest BCUT2D eigenvalue weighted by molar-refractivity contribution is 5.13. The number of nitrogens with zero attached hydrogens (tertiary/aromatic N) is 4. The second kappa shape index (κ2) is 6.08. The van der Waals surface area contributed by atoms with Gasteiger partial charge >= 0.3 is 0 Å². The molecule has 0 N–H and O–H groups in total. The molecule has 0 bridgehead atoms.